The van der Waals surface area contributed by atoms with Crippen LogP contribution in [0, 0.1) is 19.7 Å². The number of rotatable bonds is 5. The summed E-state index contributed by atoms with van der Waals surface area (Å²) in [6, 6.07) is 13.1. The Bertz CT molecular complexity index is 681. The van der Waals surface area contributed by atoms with E-state index in [-0.39, 0.29) is 5.82 Å². The number of aryl methyl sites for hydroxylation is 1. The normalized spacial score (nSPS) is 15.5. The molecular formula is C20H25FN2O. The predicted molar refractivity (Wildman–Crippen MR) is 96.5 cm³/mol. The summed E-state index contributed by atoms with van der Waals surface area (Å²) in [7, 11) is 0. The highest BCUT2D eigenvalue weighted by Crippen LogP contribution is 2.23. The summed E-state index contributed by atoms with van der Waals surface area (Å²) in [5.74, 6) is 0.0452. The minimum absolute atomic E-state index is 0.294. The van der Waals surface area contributed by atoms with Crippen LogP contribution in [0.1, 0.15) is 11.1 Å². The van der Waals surface area contributed by atoms with Crippen molar-refractivity contribution in [1.29, 1.82) is 0 Å². The third-order valence-electron chi connectivity index (χ3n) is 4.79. The molecule has 0 unspecified atom stereocenters. The lowest BCUT2D eigenvalue weighted by Gasteiger charge is -2.37. The fourth-order valence-corrected chi connectivity index (χ4v) is 3.14. The molecule has 0 radical (unpaired) electrons. The highest BCUT2D eigenvalue weighted by atomic mass is 19.1. The number of halogens is 1. The van der Waals surface area contributed by atoms with Crippen LogP contribution in [0.2, 0.25) is 0 Å². The van der Waals surface area contributed by atoms with Gasteiger partial charge < -0.3 is 9.64 Å². The Morgan fingerprint density at radius 2 is 1.71 bits per heavy atom. The Morgan fingerprint density at radius 3 is 2.46 bits per heavy atom. The van der Waals surface area contributed by atoms with E-state index in [0.717, 1.165) is 32.7 Å². The first-order valence-electron chi connectivity index (χ1n) is 8.56. The fraction of sp³-hybridized carbons (Fsp3) is 0.400. The van der Waals surface area contributed by atoms with Gasteiger partial charge in [-0.3, -0.25) is 4.90 Å². The fourth-order valence-electron chi connectivity index (χ4n) is 3.14. The topological polar surface area (TPSA) is 15.7 Å². The predicted octanol–water partition coefficient (Wildman–Crippen LogP) is 3.64. The van der Waals surface area contributed by atoms with Gasteiger partial charge in [0.2, 0.25) is 0 Å². The minimum Gasteiger partial charge on any atom is -0.489 e. The second kappa shape index (κ2) is 7.67. The molecule has 2 aromatic carbocycles. The number of benzene rings is 2. The van der Waals surface area contributed by atoms with E-state index in [1.165, 1.54) is 22.9 Å². The van der Waals surface area contributed by atoms with Gasteiger partial charge in [-0.1, -0.05) is 24.3 Å². The smallest absolute Gasteiger partial charge is 0.165 e. The SMILES string of the molecule is Cc1cccc(N2CCN(CCOc3ccccc3F)CC2)c1C. The molecule has 0 amide bonds. The van der Waals surface area contributed by atoms with Crippen LogP contribution in [0.25, 0.3) is 0 Å². The van der Waals surface area contributed by atoms with Crippen LogP contribution in [-0.4, -0.2) is 44.2 Å². The van der Waals surface area contributed by atoms with Crippen molar-refractivity contribution >= 4 is 5.69 Å². The number of ether oxygens (including phenoxy) is 1. The van der Waals surface area contributed by atoms with Gasteiger partial charge in [0.1, 0.15) is 6.61 Å². The lowest BCUT2D eigenvalue weighted by atomic mass is 10.1. The van der Waals surface area contributed by atoms with E-state index in [9.17, 15) is 4.39 Å². The maximum Gasteiger partial charge on any atom is 0.165 e. The zero-order chi connectivity index (χ0) is 16.9. The van der Waals surface area contributed by atoms with E-state index in [1.54, 1.807) is 18.2 Å². The molecule has 1 aliphatic rings. The van der Waals surface area contributed by atoms with Gasteiger partial charge in [0.05, 0.1) is 0 Å². The number of hydrogen-bond donors (Lipinski definition) is 0. The Kier molecular flexibility index (Phi) is 5.36. The first-order chi connectivity index (χ1) is 11.6. The van der Waals surface area contributed by atoms with Crippen LogP contribution >= 0.6 is 0 Å². The molecule has 0 atom stereocenters. The molecule has 0 aliphatic carbocycles. The number of hydrogen-bond acceptors (Lipinski definition) is 3. The summed E-state index contributed by atoms with van der Waals surface area (Å²) >= 11 is 0. The van der Waals surface area contributed by atoms with Crippen LogP contribution in [0.3, 0.4) is 0 Å². The van der Waals surface area contributed by atoms with Crippen LogP contribution < -0.4 is 9.64 Å². The third-order valence-corrected chi connectivity index (χ3v) is 4.79. The first-order valence-corrected chi connectivity index (χ1v) is 8.56. The van der Waals surface area contributed by atoms with Crippen molar-refractivity contribution in [3.05, 3.63) is 59.4 Å². The Balaban J connectivity index is 1.47. The van der Waals surface area contributed by atoms with Crippen molar-refractivity contribution in [2.24, 2.45) is 0 Å². The Hall–Kier alpha value is -2.07. The van der Waals surface area contributed by atoms with E-state index in [0.29, 0.717) is 12.4 Å². The van der Waals surface area contributed by atoms with Crippen molar-refractivity contribution in [1.82, 2.24) is 4.90 Å². The largest absolute Gasteiger partial charge is 0.489 e. The van der Waals surface area contributed by atoms with Gasteiger partial charge in [-0.25, -0.2) is 4.39 Å². The molecule has 4 heteroatoms. The molecule has 3 nitrogen and oxygen atoms in total. The molecule has 1 aliphatic heterocycles. The number of para-hydroxylation sites is 1. The third kappa shape index (κ3) is 3.88. The quantitative estimate of drug-likeness (QED) is 0.833. The van der Waals surface area contributed by atoms with Crippen molar-refractivity contribution in [3.63, 3.8) is 0 Å². The summed E-state index contributed by atoms with van der Waals surface area (Å²) in [5.41, 5.74) is 4.05. The average molecular weight is 328 g/mol. The molecule has 0 bridgehead atoms. The molecule has 1 saturated heterocycles. The molecule has 1 fully saturated rings. The van der Waals surface area contributed by atoms with E-state index >= 15 is 0 Å². The van der Waals surface area contributed by atoms with Crippen LogP contribution in [0.15, 0.2) is 42.5 Å². The molecule has 24 heavy (non-hydrogen) atoms. The first kappa shape index (κ1) is 16.8. The highest BCUT2D eigenvalue weighted by Gasteiger charge is 2.18. The maximum absolute atomic E-state index is 13.5. The highest BCUT2D eigenvalue weighted by molar-refractivity contribution is 5.56. The summed E-state index contributed by atoms with van der Waals surface area (Å²) in [6.45, 7) is 9.75. The molecule has 2 aromatic rings. The molecule has 0 spiro atoms. The van der Waals surface area contributed by atoms with Gasteiger partial charge in [-0.05, 0) is 43.2 Å². The lowest BCUT2D eigenvalue weighted by Crippen LogP contribution is -2.47. The summed E-state index contributed by atoms with van der Waals surface area (Å²) < 4.78 is 19.1. The lowest BCUT2D eigenvalue weighted by molar-refractivity contribution is 0.196. The summed E-state index contributed by atoms with van der Waals surface area (Å²) in [5, 5.41) is 0. The van der Waals surface area contributed by atoms with Crippen molar-refractivity contribution in [3.8, 4) is 5.75 Å². The van der Waals surface area contributed by atoms with Gasteiger partial charge >= 0.3 is 0 Å². The van der Waals surface area contributed by atoms with Crippen LogP contribution in [0.5, 0.6) is 5.75 Å². The number of piperazine rings is 1. The Morgan fingerprint density at radius 1 is 0.958 bits per heavy atom. The minimum atomic E-state index is -0.294. The van der Waals surface area contributed by atoms with Crippen LogP contribution in [0.4, 0.5) is 10.1 Å². The van der Waals surface area contributed by atoms with E-state index in [1.807, 2.05) is 0 Å². The van der Waals surface area contributed by atoms with Crippen molar-refractivity contribution in [2.45, 2.75) is 13.8 Å². The molecule has 1 heterocycles. The second-order valence-corrected chi connectivity index (χ2v) is 6.33. The zero-order valence-electron chi connectivity index (χ0n) is 14.5. The second-order valence-electron chi connectivity index (χ2n) is 6.33. The monoisotopic (exact) mass is 328 g/mol. The molecule has 0 aromatic heterocycles. The van der Waals surface area contributed by atoms with Gasteiger partial charge in [-0.15, -0.1) is 0 Å². The zero-order valence-corrected chi connectivity index (χ0v) is 14.5. The molecule has 0 N–H and O–H groups in total. The number of anilines is 1. The molecule has 0 saturated carbocycles. The molecule has 3 rings (SSSR count). The molecule has 128 valence electrons. The van der Waals surface area contributed by atoms with Crippen molar-refractivity contribution in [2.75, 3.05) is 44.2 Å². The summed E-state index contributed by atoms with van der Waals surface area (Å²) in [4.78, 5) is 4.83. The summed E-state index contributed by atoms with van der Waals surface area (Å²) in [6.07, 6.45) is 0. The number of nitrogens with zero attached hydrogens (tertiary/aromatic N) is 2. The van der Waals surface area contributed by atoms with Crippen molar-refractivity contribution < 1.29 is 9.13 Å². The standard InChI is InChI=1S/C20H25FN2O/c1-16-6-5-8-19(17(16)2)23-12-10-22(11-13-23)14-15-24-20-9-4-3-7-18(20)21/h3-9H,10-15H2,1-2H3. The van der Waals surface area contributed by atoms with E-state index < -0.39 is 0 Å². The average Bonchev–Trinajstić information content (AvgIpc) is 2.60. The molecular weight excluding hydrogens is 303 g/mol. The van der Waals surface area contributed by atoms with E-state index in [4.69, 9.17) is 4.74 Å². The van der Waals surface area contributed by atoms with Gasteiger partial charge in [0.25, 0.3) is 0 Å². The van der Waals surface area contributed by atoms with E-state index in [2.05, 4.69) is 41.8 Å². The Labute approximate surface area is 143 Å². The van der Waals surface area contributed by atoms with Gasteiger partial charge in [-0.2, -0.15) is 0 Å². The van der Waals surface area contributed by atoms with Crippen LogP contribution in [-0.2, 0) is 0 Å². The maximum atomic E-state index is 13.5. The van der Waals surface area contributed by atoms with Gasteiger partial charge in [0, 0.05) is 38.4 Å². The van der Waals surface area contributed by atoms with Gasteiger partial charge in [0.15, 0.2) is 11.6 Å².